The molecular weight excluding hydrogens is 360 g/mol. The number of hydrogen-bond acceptors (Lipinski definition) is 4. The third kappa shape index (κ3) is 3.61. The summed E-state index contributed by atoms with van der Waals surface area (Å²) in [5, 5.41) is 10.4. The van der Waals surface area contributed by atoms with E-state index in [4.69, 9.17) is 9.47 Å². The Morgan fingerprint density at radius 2 is 2.00 bits per heavy atom. The van der Waals surface area contributed by atoms with Gasteiger partial charge in [-0.3, -0.25) is 4.79 Å². The van der Waals surface area contributed by atoms with Gasteiger partial charge in [0.05, 0.1) is 17.5 Å². The van der Waals surface area contributed by atoms with Crippen LogP contribution in [0.15, 0.2) is 46.2 Å². The first-order chi connectivity index (χ1) is 10.9. The molecule has 0 fully saturated rings. The Bertz CT molecular complexity index is 663. The average Bonchev–Trinajstić information content (AvgIpc) is 2.73. The van der Waals surface area contributed by atoms with E-state index >= 15 is 0 Å². The van der Waals surface area contributed by atoms with Crippen molar-refractivity contribution >= 4 is 21.9 Å². The number of rotatable bonds is 6. The van der Waals surface area contributed by atoms with E-state index in [1.54, 1.807) is 13.0 Å². The SMILES string of the molecule is CCOC(=O)Cc1ccccc1OC1(C)C(CC)=CC(Br)=C1O. The van der Waals surface area contributed by atoms with E-state index in [0.29, 0.717) is 16.8 Å². The monoisotopic (exact) mass is 380 g/mol. The second-order valence-corrected chi connectivity index (χ2v) is 6.30. The second-order valence-electron chi connectivity index (χ2n) is 5.44. The Labute approximate surface area is 144 Å². The molecule has 0 amide bonds. The van der Waals surface area contributed by atoms with Crippen LogP contribution in [0.4, 0.5) is 0 Å². The van der Waals surface area contributed by atoms with Crippen LogP contribution in [0.25, 0.3) is 0 Å². The second kappa shape index (κ2) is 7.21. The molecule has 0 saturated heterocycles. The van der Waals surface area contributed by atoms with Gasteiger partial charge >= 0.3 is 5.97 Å². The van der Waals surface area contributed by atoms with E-state index in [0.717, 1.165) is 17.6 Å². The number of hydrogen-bond donors (Lipinski definition) is 1. The largest absolute Gasteiger partial charge is 0.507 e. The molecular formula is C18H21BrO4. The molecule has 0 radical (unpaired) electrons. The molecule has 1 unspecified atom stereocenters. The van der Waals surface area contributed by atoms with Crippen LogP contribution >= 0.6 is 15.9 Å². The van der Waals surface area contributed by atoms with Crippen LogP contribution in [0.1, 0.15) is 32.8 Å². The van der Waals surface area contributed by atoms with E-state index in [1.165, 1.54) is 0 Å². The van der Waals surface area contributed by atoms with Crippen molar-refractivity contribution in [2.24, 2.45) is 0 Å². The molecule has 0 spiro atoms. The maximum atomic E-state index is 11.8. The van der Waals surface area contributed by atoms with Crippen LogP contribution in [0.3, 0.4) is 0 Å². The summed E-state index contributed by atoms with van der Waals surface area (Å²) in [4.78, 5) is 11.8. The molecule has 1 N–H and O–H groups in total. The number of carbonyl (C=O) groups excluding carboxylic acids is 1. The van der Waals surface area contributed by atoms with Crippen molar-refractivity contribution in [3.63, 3.8) is 0 Å². The lowest BCUT2D eigenvalue weighted by molar-refractivity contribution is -0.142. The van der Waals surface area contributed by atoms with Crippen molar-refractivity contribution in [3.8, 4) is 5.75 Å². The summed E-state index contributed by atoms with van der Waals surface area (Å²) in [6.07, 6.45) is 2.76. The minimum absolute atomic E-state index is 0.136. The maximum Gasteiger partial charge on any atom is 0.310 e. The van der Waals surface area contributed by atoms with E-state index in [2.05, 4.69) is 15.9 Å². The van der Waals surface area contributed by atoms with Crippen molar-refractivity contribution in [3.05, 3.63) is 51.7 Å². The highest BCUT2D eigenvalue weighted by Crippen LogP contribution is 2.42. The minimum atomic E-state index is -0.932. The molecule has 1 atom stereocenters. The lowest BCUT2D eigenvalue weighted by Gasteiger charge is -2.30. The zero-order chi connectivity index (χ0) is 17.0. The number of para-hydroxylation sites is 1. The third-order valence-electron chi connectivity index (χ3n) is 3.90. The van der Waals surface area contributed by atoms with Gasteiger partial charge in [0, 0.05) is 5.56 Å². The van der Waals surface area contributed by atoms with Crippen LogP contribution in [0, 0.1) is 0 Å². The number of aliphatic hydroxyl groups excluding tert-OH is 1. The fourth-order valence-electron chi connectivity index (χ4n) is 2.63. The van der Waals surface area contributed by atoms with Gasteiger partial charge in [-0.05, 0) is 53.9 Å². The highest BCUT2D eigenvalue weighted by atomic mass is 79.9. The van der Waals surface area contributed by atoms with Gasteiger partial charge in [-0.15, -0.1) is 0 Å². The van der Waals surface area contributed by atoms with Gasteiger partial charge in [0.1, 0.15) is 5.75 Å². The molecule has 0 saturated carbocycles. The van der Waals surface area contributed by atoms with Crippen LogP contribution in [-0.2, 0) is 16.0 Å². The van der Waals surface area contributed by atoms with Crippen LogP contribution in [-0.4, -0.2) is 23.3 Å². The molecule has 1 aromatic carbocycles. The molecule has 1 aromatic rings. The molecule has 1 aliphatic carbocycles. The topological polar surface area (TPSA) is 55.8 Å². The molecule has 124 valence electrons. The summed E-state index contributed by atoms with van der Waals surface area (Å²) in [6.45, 7) is 5.96. The summed E-state index contributed by atoms with van der Waals surface area (Å²) in [7, 11) is 0. The number of esters is 1. The Morgan fingerprint density at radius 1 is 1.30 bits per heavy atom. The Balaban J connectivity index is 2.30. The first kappa shape index (κ1) is 17.6. The fourth-order valence-corrected chi connectivity index (χ4v) is 3.28. The molecule has 1 aliphatic rings. The minimum Gasteiger partial charge on any atom is -0.507 e. The predicted molar refractivity (Wildman–Crippen MR) is 92.8 cm³/mol. The zero-order valence-corrected chi connectivity index (χ0v) is 15.1. The Morgan fingerprint density at radius 3 is 2.65 bits per heavy atom. The quantitative estimate of drug-likeness (QED) is 0.740. The van der Waals surface area contributed by atoms with Gasteiger partial charge in [-0.25, -0.2) is 0 Å². The molecule has 0 aromatic heterocycles. The number of allylic oxidation sites excluding steroid dienone is 2. The van der Waals surface area contributed by atoms with Crippen LogP contribution in [0.2, 0.25) is 0 Å². The lowest BCUT2D eigenvalue weighted by atomic mass is 9.95. The van der Waals surface area contributed by atoms with E-state index in [-0.39, 0.29) is 18.1 Å². The third-order valence-corrected chi connectivity index (χ3v) is 4.50. The van der Waals surface area contributed by atoms with Crippen LogP contribution in [0.5, 0.6) is 5.75 Å². The molecule has 0 bridgehead atoms. The van der Waals surface area contributed by atoms with Crippen molar-refractivity contribution in [2.75, 3.05) is 6.61 Å². The highest BCUT2D eigenvalue weighted by molar-refractivity contribution is 9.11. The van der Waals surface area contributed by atoms with Gasteiger partial charge in [-0.2, -0.15) is 0 Å². The lowest BCUT2D eigenvalue weighted by Crippen LogP contribution is -2.35. The average molecular weight is 381 g/mol. The van der Waals surface area contributed by atoms with E-state index in [1.807, 2.05) is 38.1 Å². The highest BCUT2D eigenvalue weighted by Gasteiger charge is 2.41. The first-order valence-corrected chi connectivity index (χ1v) is 8.44. The number of aliphatic hydroxyl groups is 1. The zero-order valence-electron chi connectivity index (χ0n) is 13.6. The summed E-state index contributed by atoms with van der Waals surface area (Å²) in [6, 6.07) is 7.32. The molecule has 4 nitrogen and oxygen atoms in total. The summed E-state index contributed by atoms with van der Waals surface area (Å²) in [5.74, 6) is 0.406. The molecule has 0 aliphatic heterocycles. The molecule has 0 heterocycles. The summed E-state index contributed by atoms with van der Waals surface area (Å²) in [5.41, 5.74) is 0.768. The molecule has 23 heavy (non-hydrogen) atoms. The van der Waals surface area contributed by atoms with Crippen LogP contribution < -0.4 is 4.74 Å². The normalized spacial score (nSPS) is 20.4. The first-order valence-electron chi connectivity index (χ1n) is 7.65. The predicted octanol–water partition coefficient (Wildman–Crippen LogP) is 4.44. The number of benzene rings is 1. The number of halogens is 1. The number of carbonyl (C=O) groups is 1. The van der Waals surface area contributed by atoms with Gasteiger partial charge in [0.2, 0.25) is 0 Å². The molecule has 2 rings (SSSR count). The van der Waals surface area contributed by atoms with Crippen molar-refractivity contribution in [1.82, 2.24) is 0 Å². The van der Waals surface area contributed by atoms with E-state index in [9.17, 15) is 9.90 Å². The summed E-state index contributed by atoms with van der Waals surface area (Å²) >= 11 is 3.35. The fraction of sp³-hybridized carbons (Fsp3) is 0.389. The molecule has 5 heteroatoms. The van der Waals surface area contributed by atoms with Gasteiger partial charge < -0.3 is 14.6 Å². The van der Waals surface area contributed by atoms with Gasteiger partial charge in [0.25, 0.3) is 0 Å². The van der Waals surface area contributed by atoms with Gasteiger partial charge in [-0.1, -0.05) is 25.1 Å². The van der Waals surface area contributed by atoms with E-state index < -0.39 is 5.60 Å². The Hall–Kier alpha value is -1.75. The summed E-state index contributed by atoms with van der Waals surface area (Å²) < 4.78 is 11.8. The standard InChI is InChI=1S/C18H21BrO4/c1-4-13-11-14(19)17(21)18(13,3)23-15-9-7-6-8-12(15)10-16(20)22-5-2/h6-9,11,21H,4-5,10H2,1-3H3. The van der Waals surface area contributed by atoms with Crippen molar-refractivity contribution in [1.29, 1.82) is 0 Å². The van der Waals surface area contributed by atoms with Crippen molar-refractivity contribution < 1.29 is 19.4 Å². The maximum absolute atomic E-state index is 11.8. The Kier molecular flexibility index (Phi) is 5.52. The van der Waals surface area contributed by atoms with Crippen molar-refractivity contribution in [2.45, 2.75) is 39.2 Å². The number of ether oxygens (including phenoxy) is 2. The van der Waals surface area contributed by atoms with Gasteiger partial charge in [0.15, 0.2) is 11.4 Å². The smallest absolute Gasteiger partial charge is 0.310 e.